The lowest BCUT2D eigenvalue weighted by Gasteiger charge is -2.36. The summed E-state index contributed by atoms with van der Waals surface area (Å²) in [5.74, 6) is 0. The van der Waals surface area contributed by atoms with Gasteiger partial charge in [0.05, 0.1) is 6.26 Å². The summed E-state index contributed by atoms with van der Waals surface area (Å²) in [6.07, 6.45) is 1.27. The Bertz CT molecular complexity index is 254. The molecule has 0 spiro atoms. The van der Waals surface area contributed by atoms with E-state index < -0.39 is 10.0 Å². The Labute approximate surface area is 75.0 Å². The molecule has 0 amide bonds. The molecule has 70 valence electrons. The summed E-state index contributed by atoms with van der Waals surface area (Å²) < 4.78 is 24.0. The number of nitrogens with zero attached hydrogens (tertiary/aromatic N) is 2. The minimum Gasteiger partial charge on any atom is -0.346 e. The molecule has 0 bridgehead atoms. The van der Waals surface area contributed by atoms with Crippen LogP contribution < -0.4 is 0 Å². The van der Waals surface area contributed by atoms with Crippen LogP contribution in [0.15, 0.2) is 0 Å². The van der Waals surface area contributed by atoms with E-state index in [9.17, 15) is 8.42 Å². The van der Waals surface area contributed by atoms with E-state index in [0.29, 0.717) is 6.54 Å². The van der Waals surface area contributed by atoms with Gasteiger partial charge in [-0.2, -0.15) is 4.31 Å². The van der Waals surface area contributed by atoms with Gasteiger partial charge in [0, 0.05) is 25.7 Å². The zero-order valence-electron chi connectivity index (χ0n) is 7.82. The minimum absolute atomic E-state index is 0.110. The fourth-order valence-corrected chi connectivity index (χ4v) is 2.75. The quantitative estimate of drug-likeness (QED) is 0.472. The number of sulfonamides is 1. The molecule has 0 aromatic carbocycles. The van der Waals surface area contributed by atoms with Gasteiger partial charge in [0.2, 0.25) is 10.0 Å². The number of rotatable bonds is 1. The molecule has 0 aliphatic carbocycles. The minimum atomic E-state index is -2.99. The Kier molecular flexibility index (Phi) is 2.80. The Hall–Kier alpha value is -0.0651. The van der Waals surface area contributed by atoms with Crippen molar-refractivity contribution in [2.45, 2.75) is 13.0 Å². The third-order valence-electron chi connectivity index (χ3n) is 2.20. The van der Waals surface area contributed by atoms with Crippen LogP contribution in [0.5, 0.6) is 0 Å². The normalized spacial score (nSPS) is 29.0. The van der Waals surface area contributed by atoms with Crippen LogP contribution in [0.25, 0.3) is 0 Å². The lowest BCUT2D eigenvalue weighted by atomic mass is 10.2. The summed E-state index contributed by atoms with van der Waals surface area (Å²) in [5.41, 5.74) is 0. The molecule has 0 radical (unpaired) electrons. The summed E-state index contributed by atoms with van der Waals surface area (Å²) in [4.78, 5) is 2.15. The van der Waals surface area contributed by atoms with Gasteiger partial charge in [0.15, 0.2) is 7.98 Å². The SMILES string of the molecule is BN1CCN(S(C)(=O)=O)C(C)C1. The molecule has 1 heterocycles. The molecule has 0 N–H and O–H groups in total. The molecule has 1 unspecified atom stereocenters. The van der Waals surface area contributed by atoms with Crippen molar-refractivity contribution in [1.82, 2.24) is 9.12 Å². The van der Waals surface area contributed by atoms with Gasteiger partial charge in [-0.15, -0.1) is 0 Å². The van der Waals surface area contributed by atoms with E-state index in [2.05, 4.69) is 4.81 Å². The average molecular weight is 190 g/mol. The lowest BCUT2D eigenvalue weighted by molar-refractivity contribution is 0.218. The molecular weight excluding hydrogens is 175 g/mol. The smallest absolute Gasteiger partial charge is 0.211 e. The van der Waals surface area contributed by atoms with Gasteiger partial charge in [-0.1, -0.05) is 0 Å². The number of hydrogen-bond acceptors (Lipinski definition) is 3. The number of piperazine rings is 1. The maximum absolute atomic E-state index is 11.2. The van der Waals surface area contributed by atoms with Gasteiger partial charge < -0.3 is 4.81 Å². The summed E-state index contributed by atoms with van der Waals surface area (Å²) in [5, 5.41) is 0. The average Bonchev–Trinajstić information content (AvgIpc) is 1.83. The Morgan fingerprint density at radius 1 is 1.42 bits per heavy atom. The first-order valence-corrected chi connectivity index (χ1v) is 5.91. The first kappa shape index (κ1) is 10.0. The zero-order valence-corrected chi connectivity index (χ0v) is 8.63. The van der Waals surface area contributed by atoms with Crippen molar-refractivity contribution in [1.29, 1.82) is 0 Å². The predicted octanol–water partition coefficient (Wildman–Crippen LogP) is -1.50. The largest absolute Gasteiger partial charge is 0.346 e. The number of hydrogen-bond donors (Lipinski definition) is 0. The van der Waals surface area contributed by atoms with Crippen molar-refractivity contribution in [3.63, 3.8) is 0 Å². The maximum atomic E-state index is 11.2. The Balaban J connectivity index is 2.69. The fraction of sp³-hybridized carbons (Fsp3) is 1.00. The molecule has 4 nitrogen and oxygen atoms in total. The highest BCUT2D eigenvalue weighted by atomic mass is 32.2. The van der Waals surface area contributed by atoms with Crippen molar-refractivity contribution in [3.05, 3.63) is 0 Å². The first-order valence-electron chi connectivity index (χ1n) is 4.06. The highest BCUT2D eigenvalue weighted by molar-refractivity contribution is 7.88. The van der Waals surface area contributed by atoms with Crippen LogP contribution in [0.2, 0.25) is 0 Å². The highest BCUT2D eigenvalue weighted by Crippen LogP contribution is 2.10. The van der Waals surface area contributed by atoms with Crippen molar-refractivity contribution >= 4 is 18.0 Å². The Morgan fingerprint density at radius 2 is 2.00 bits per heavy atom. The van der Waals surface area contributed by atoms with Gasteiger partial charge in [-0.05, 0) is 6.92 Å². The molecule has 0 saturated carbocycles. The van der Waals surface area contributed by atoms with Gasteiger partial charge in [-0.3, -0.25) is 0 Å². The van der Waals surface area contributed by atoms with Crippen LogP contribution in [-0.4, -0.2) is 57.4 Å². The van der Waals surface area contributed by atoms with E-state index >= 15 is 0 Å². The van der Waals surface area contributed by atoms with E-state index in [-0.39, 0.29) is 6.04 Å². The Morgan fingerprint density at radius 3 is 2.42 bits per heavy atom. The van der Waals surface area contributed by atoms with Crippen LogP contribution in [0.3, 0.4) is 0 Å². The molecule has 6 heteroatoms. The second kappa shape index (κ2) is 3.36. The van der Waals surface area contributed by atoms with Gasteiger partial charge in [-0.25, -0.2) is 8.42 Å². The fourth-order valence-electron chi connectivity index (χ4n) is 1.62. The lowest BCUT2D eigenvalue weighted by Crippen LogP contribution is -2.52. The first-order chi connectivity index (χ1) is 5.41. The summed E-state index contributed by atoms with van der Waals surface area (Å²) in [7, 11) is -0.982. The van der Waals surface area contributed by atoms with Crippen molar-refractivity contribution in [3.8, 4) is 0 Å². The summed E-state index contributed by atoms with van der Waals surface area (Å²) in [6.45, 7) is 4.22. The third-order valence-corrected chi connectivity index (χ3v) is 3.59. The molecule has 1 rings (SSSR count). The van der Waals surface area contributed by atoms with E-state index in [0.717, 1.165) is 13.1 Å². The highest BCUT2D eigenvalue weighted by Gasteiger charge is 2.27. The molecule has 0 aromatic heterocycles. The van der Waals surface area contributed by atoms with Crippen LogP contribution in [0.4, 0.5) is 0 Å². The summed E-state index contributed by atoms with van der Waals surface area (Å²) in [6, 6.07) is 0.110. The van der Waals surface area contributed by atoms with Crippen LogP contribution in [0.1, 0.15) is 6.92 Å². The maximum Gasteiger partial charge on any atom is 0.211 e. The second-order valence-corrected chi connectivity index (χ2v) is 5.42. The molecule has 1 aliphatic rings. The van der Waals surface area contributed by atoms with Crippen LogP contribution in [-0.2, 0) is 10.0 Å². The molecule has 1 aliphatic heterocycles. The summed E-state index contributed by atoms with van der Waals surface area (Å²) >= 11 is 0. The van der Waals surface area contributed by atoms with E-state index in [1.807, 2.05) is 14.9 Å². The predicted molar refractivity (Wildman–Crippen MR) is 51.1 cm³/mol. The molecule has 0 aromatic rings. The van der Waals surface area contributed by atoms with Gasteiger partial charge in [0.1, 0.15) is 0 Å². The van der Waals surface area contributed by atoms with E-state index in [4.69, 9.17) is 0 Å². The molecule has 1 atom stereocenters. The van der Waals surface area contributed by atoms with Crippen LogP contribution >= 0.6 is 0 Å². The molecule has 1 saturated heterocycles. The van der Waals surface area contributed by atoms with Gasteiger partial charge in [0.25, 0.3) is 0 Å². The molecular formula is C6H15BN2O2S. The van der Waals surface area contributed by atoms with Crippen molar-refractivity contribution in [2.24, 2.45) is 0 Å². The van der Waals surface area contributed by atoms with Crippen LogP contribution in [0, 0.1) is 0 Å². The van der Waals surface area contributed by atoms with Crippen molar-refractivity contribution < 1.29 is 8.42 Å². The van der Waals surface area contributed by atoms with E-state index in [1.54, 1.807) is 4.31 Å². The third kappa shape index (κ3) is 2.21. The van der Waals surface area contributed by atoms with Gasteiger partial charge >= 0.3 is 0 Å². The van der Waals surface area contributed by atoms with E-state index in [1.165, 1.54) is 6.26 Å². The topological polar surface area (TPSA) is 40.6 Å². The standard InChI is InChI=1S/C6H15BN2O2S/c1-6-5-8(7)3-4-9(6)12(2,10)11/h6H,3-5,7H2,1-2H3. The van der Waals surface area contributed by atoms with Crippen molar-refractivity contribution in [2.75, 3.05) is 25.9 Å². The second-order valence-electron chi connectivity index (χ2n) is 3.48. The monoisotopic (exact) mass is 190 g/mol. The molecule has 1 fully saturated rings. The molecule has 12 heavy (non-hydrogen) atoms. The zero-order chi connectivity index (χ0) is 9.35.